The highest BCUT2D eigenvalue weighted by molar-refractivity contribution is 9.10. The molecule has 1 aliphatic heterocycles. The molecule has 1 aromatic carbocycles. The minimum Gasteiger partial charge on any atom is -0.297 e. The molecule has 2 rings (SSSR count). The summed E-state index contributed by atoms with van der Waals surface area (Å²) in [5.41, 5.74) is 0.315. The largest absolute Gasteiger partial charge is 0.299 e. The van der Waals surface area contributed by atoms with Crippen molar-refractivity contribution >= 4 is 39.1 Å². The second kappa shape index (κ2) is 4.56. The highest BCUT2D eigenvalue weighted by atomic mass is 79.9. The Morgan fingerprint density at radius 2 is 1.89 bits per heavy atom. The minimum absolute atomic E-state index is 0.0719. The van der Waals surface area contributed by atoms with E-state index in [9.17, 15) is 14.4 Å². The lowest BCUT2D eigenvalue weighted by atomic mass is 9.90. The van der Waals surface area contributed by atoms with E-state index in [0.29, 0.717) is 11.3 Å². The molecule has 1 aliphatic rings. The van der Waals surface area contributed by atoms with Crippen LogP contribution in [0.5, 0.6) is 0 Å². The van der Waals surface area contributed by atoms with Crippen molar-refractivity contribution in [1.29, 1.82) is 0 Å². The van der Waals surface area contributed by atoms with E-state index in [1.165, 1.54) is 4.90 Å². The normalized spacial score (nSPS) is 14.8. The van der Waals surface area contributed by atoms with Gasteiger partial charge in [-0.15, -0.1) is 0 Å². The fourth-order valence-electron chi connectivity index (χ4n) is 1.81. The zero-order chi connectivity index (χ0) is 14.4. The molecule has 100 valence electrons. The summed E-state index contributed by atoms with van der Waals surface area (Å²) in [7, 11) is 0. The van der Waals surface area contributed by atoms with Crippen LogP contribution in [0.1, 0.15) is 31.1 Å². The highest BCUT2D eigenvalue weighted by Crippen LogP contribution is 2.32. The number of hydrogen-bond acceptors (Lipinski definition) is 3. The van der Waals surface area contributed by atoms with E-state index in [1.807, 2.05) is 0 Å². The maximum atomic E-state index is 12.1. The van der Waals surface area contributed by atoms with Crippen molar-refractivity contribution < 1.29 is 14.4 Å². The van der Waals surface area contributed by atoms with Crippen molar-refractivity contribution in [2.75, 3.05) is 11.4 Å². The number of Topliss-reactive ketones (excluding diaryl/α,β-unsaturated/α-hetero) is 2. The SMILES string of the molecule is CC(C)(C)C(=O)CN1C(=O)C(=O)c2ccc(Br)cc21. The van der Waals surface area contributed by atoms with E-state index in [0.717, 1.165) is 4.47 Å². The summed E-state index contributed by atoms with van der Waals surface area (Å²) in [6.45, 7) is 5.30. The van der Waals surface area contributed by atoms with E-state index < -0.39 is 17.1 Å². The average Bonchev–Trinajstić information content (AvgIpc) is 2.53. The number of rotatable bonds is 2. The molecule has 0 aromatic heterocycles. The van der Waals surface area contributed by atoms with E-state index >= 15 is 0 Å². The summed E-state index contributed by atoms with van der Waals surface area (Å²) in [5.74, 6) is -1.27. The number of fused-ring (bicyclic) bond motifs is 1. The Balaban J connectivity index is 2.38. The summed E-state index contributed by atoms with van der Waals surface area (Å²) in [5, 5.41) is 0. The van der Waals surface area contributed by atoms with E-state index in [4.69, 9.17) is 0 Å². The zero-order valence-electron chi connectivity index (χ0n) is 11.0. The second-order valence-electron chi connectivity index (χ2n) is 5.56. The Bertz CT molecular complexity index is 587. The Kier molecular flexibility index (Phi) is 3.34. The van der Waals surface area contributed by atoms with Crippen molar-refractivity contribution in [2.24, 2.45) is 5.41 Å². The lowest BCUT2D eigenvalue weighted by Crippen LogP contribution is -2.39. The number of nitrogens with zero attached hydrogens (tertiary/aromatic N) is 1. The molecule has 19 heavy (non-hydrogen) atoms. The fraction of sp³-hybridized carbons (Fsp3) is 0.357. The molecule has 1 heterocycles. The molecule has 0 bridgehead atoms. The molecule has 0 saturated heterocycles. The first-order valence-corrected chi connectivity index (χ1v) is 6.70. The molecule has 0 unspecified atom stereocenters. The standard InChI is InChI=1S/C14H14BrNO3/c1-14(2,3)11(17)7-16-10-6-8(15)4-5-9(10)12(18)13(16)19/h4-6H,7H2,1-3H3. The molecule has 0 atom stereocenters. The van der Waals surface area contributed by atoms with Gasteiger partial charge in [-0.3, -0.25) is 19.3 Å². The minimum atomic E-state index is -0.634. The molecule has 0 fully saturated rings. The number of anilines is 1. The maximum absolute atomic E-state index is 12.1. The number of hydrogen-bond donors (Lipinski definition) is 0. The van der Waals surface area contributed by atoms with Crippen molar-refractivity contribution in [3.63, 3.8) is 0 Å². The van der Waals surface area contributed by atoms with Crippen LogP contribution in [0.15, 0.2) is 22.7 Å². The van der Waals surface area contributed by atoms with Crippen LogP contribution in [0.25, 0.3) is 0 Å². The van der Waals surface area contributed by atoms with Crippen LogP contribution in [-0.2, 0) is 9.59 Å². The van der Waals surface area contributed by atoms with Crippen LogP contribution in [0.2, 0.25) is 0 Å². The Morgan fingerprint density at radius 1 is 1.26 bits per heavy atom. The van der Waals surface area contributed by atoms with Gasteiger partial charge in [0.15, 0.2) is 5.78 Å². The predicted molar refractivity (Wildman–Crippen MR) is 75.3 cm³/mol. The third kappa shape index (κ3) is 2.47. The van der Waals surface area contributed by atoms with Gasteiger partial charge in [-0.2, -0.15) is 0 Å². The second-order valence-corrected chi connectivity index (χ2v) is 6.47. The van der Waals surface area contributed by atoms with Gasteiger partial charge in [0.05, 0.1) is 17.8 Å². The van der Waals surface area contributed by atoms with Crippen molar-refractivity contribution in [1.82, 2.24) is 0 Å². The molecular weight excluding hydrogens is 310 g/mol. The van der Waals surface area contributed by atoms with Gasteiger partial charge in [-0.05, 0) is 18.2 Å². The van der Waals surface area contributed by atoms with Crippen LogP contribution < -0.4 is 4.90 Å². The Labute approximate surface area is 119 Å². The number of ketones is 2. The molecule has 0 saturated carbocycles. The van der Waals surface area contributed by atoms with Gasteiger partial charge in [-0.25, -0.2) is 0 Å². The molecule has 1 amide bonds. The predicted octanol–water partition coefficient (Wildman–Crippen LogP) is 2.59. The molecule has 0 spiro atoms. The summed E-state index contributed by atoms with van der Waals surface area (Å²) < 4.78 is 0.766. The molecule has 0 N–H and O–H groups in total. The summed E-state index contributed by atoms with van der Waals surface area (Å²) >= 11 is 3.30. The third-order valence-electron chi connectivity index (χ3n) is 3.07. The molecule has 4 nitrogen and oxygen atoms in total. The first-order valence-electron chi connectivity index (χ1n) is 5.91. The fourth-order valence-corrected chi connectivity index (χ4v) is 2.15. The van der Waals surface area contributed by atoms with Crippen LogP contribution in [0.4, 0.5) is 5.69 Å². The molecule has 0 aliphatic carbocycles. The first-order chi connectivity index (χ1) is 8.71. The smallest absolute Gasteiger partial charge is 0.297 e. The van der Waals surface area contributed by atoms with Gasteiger partial charge in [0.2, 0.25) is 0 Å². The molecule has 5 heteroatoms. The zero-order valence-corrected chi connectivity index (χ0v) is 12.6. The molecule has 1 aromatic rings. The van der Waals surface area contributed by atoms with Gasteiger partial charge in [0.25, 0.3) is 11.7 Å². The van der Waals surface area contributed by atoms with Crippen LogP contribution >= 0.6 is 15.9 Å². The number of carbonyl (C=O) groups excluding carboxylic acids is 3. The maximum Gasteiger partial charge on any atom is 0.299 e. The quantitative estimate of drug-likeness (QED) is 0.786. The van der Waals surface area contributed by atoms with E-state index in [2.05, 4.69) is 15.9 Å². The summed E-state index contributed by atoms with van der Waals surface area (Å²) in [4.78, 5) is 37.1. The average molecular weight is 324 g/mol. The summed E-state index contributed by atoms with van der Waals surface area (Å²) in [6, 6.07) is 4.99. The number of benzene rings is 1. The van der Waals surface area contributed by atoms with Gasteiger partial charge in [0, 0.05) is 9.89 Å². The van der Waals surface area contributed by atoms with Crippen molar-refractivity contribution in [3.8, 4) is 0 Å². The van der Waals surface area contributed by atoms with Gasteiger partial charge < -0.3 is 0 Å². The van der Waals surface area contributed by atoms with Crippen LogP contribution in [0, 0.1) is 5.41 Å². The highest BCUT2D eigenvalue weighted by Gasteiger charge is 2.38. The molecular formula is C14H14BrNO3. The topological polar surface area (TPSA) is 54.5 Å². The lowest BCUT2D eigenvalue weighted by molar-refractivity contribution is -0.126. The molecule has 0 radical (unpaired) electrons. The van der Waals surface area contributed by atoms with Crippen LogP contribution in [-0.4, -0.2) is 24.0 Å². The lowest BCUT2D eigenvalue weighted by Gasteiger charge is -2.22. The Morgan fingerprint density at radius 3 is 2.47 bits per heavy atom. The summed E-state index contributed by atoms with van der Waals surface area (Å²) in [6.07, 6.45) is 0. The van der Waals surface area contributed by atoms with E-state index in [1.54, 1.807) is 39.0 Å². The number of amides is 1. The van der Waals surface area contributed by atoms with Gasteiger partial charge >= 0.3 is 0 Å². The van der Waals surface area contributed by atoms with Crippen LogP contribution in [0.3, 0.4) is 0 Å². The van der Waals surface area contributed by atoms with E-state index in [-0.39, 0.29) is 12.3 Å². The monoisotopic (exact) mass is 323 g/mol. The van der Waals surface area contributed by atoms with Crippen molar-refractivity contribution in [2.45, 2.75) is 20.8 Å². The third-order valence-corrected chi connectivity index (χ3v) is 3.57. The number of halogens is 1. The van der Waals surface area contributed by atoms with Gasteiger partial charge in [0.1, 0.15) is 0 Å². The number of carbonyl (C=O) groups is 3. The Hall–Kier alpha value is -1.49. The van der Waals surface area contributed by atoms with Gasteiger partial charge in [-0.1, -0.05) is 36.7 Å². The van der Waals surface area contributed by atoms with Crippen molar-refractivity contribution in [3.05, 3.63) is 28.2 Å². The first kappa shape index (κ1) is 13.9.